The van der Waals surface area contributed by atoms with Crippen LogP contribution in [0.25, 0.3) is 10.8 Å². The minimum atomic E-state index is 0.379. The van der Waals surface area contributed by atoms with Crippen LogP contribution in [0.15, 0.2) is 36.4 Å². The van der Waals surface area contributed by atoms with Crippen LogP contribution in [-0.4, -0.2) is 14.2 Å². The van der Waals surface area contributed by atoms with Gasteiger partial charge in [-0.1, -0.05) is 44.2 Å². The summed E-state index contributed by atoms with van der Waals surface area (Å²) in [7, 11) is 3.13. The number of hydrogen-bond donors (Lipinski definition) is 1. The van der Waals surface area contributed by atoms with E-state index in [1.165, 1.54) is 7.05 Å². The minimum Gasteiger partial charge on any atom is -0.496 e. The summed E-state index contributed by atoms with van der Waals surface area (Å²) in [5, 5.41) is 11.0. The molecule has 0 unspecified atom stereocenters. The van der Waals surface area contributed by atoms with Crippen LogP contribution in [0, 0.1) is 11.3 Å². The van der Waals surface area contributed by atoms with Crippen molar-refractivity contribution < 1.29 is 4.74 Å². The highest BCUT2D eigenvalue weighted by atomic mass is 16.5. The van der Waals surface area contributed by atoms with E-state index in [9.17, 15) is 0 Å². The second-order valence-electron chi connectivity index (χ2n) is 3.30. The number of nitrogens with two attached hydrogens (primary N) is 1. The van der Waals surface area contributed by atoms with Gasteiger partial charge in [0.25, 0.3) is 0 Å². The Bertz CT molecular complexity index is 530. The lowest BCUT2D eigenvalue weighted by atomic mass is 10.0. The monoisotopic (exact) mass is 258 g/mol. The van der Waals surface area contributed by atoms with Gasteiger partial charge in [0.15, 0.2) is 0 Å². The zero-order chi connectivity index (χ0) is 14.7. The molecule has 2 N–H and O–H groups in total. The average Bonchev–Trinajstić information content (AvgIpc) is 2.52. The van der Waals surface area contributed by atoms with Crippen molar-refractivity contribution in [3.05, 3.63) is 42.0 Å². The quantitative estimate of drug-likeness (QED) is 0.896. The topological polar surface area (TPSA) is 59.0 Å². The molecule has 0 atom stereocenters. The van der Waals surface area contributed by atoms with E-state index >= 15 is 0 Å². The average molecular weight is 258 g/mol. The molecule has 3 heteroatoms. The number of methoxy groups -OCH3 is 1. The predicted octanol–water partition coefficient (Wildman–Crippen LogP) is 3.52. The Morgan fingerprint density at radius 3 is 2.32 bits per heavy atom. The molecule has 102 valence electrons. The van der Waals surface area contributed by atoms with E-state index in [1.54, 1.807) is 7.11 Å². The van der Waals surface area contributed by atoms with Gasteiger partial charge in [0, 0.05) is 5.56 Å². The fourth-order valence-electron chi connectivity index (χ4n) is 1.77. The van der Waals surface area contributed by atoms with Crippen molar-refractivity contribution in [1.29, 1.82) is 5.26 Å². The smallest absolute Gasteiger partial charge is 0.123 e. The van der Waals surface area contributed by atoms with Gasteiger partial charge < -0.3 is 10.5 Å². The van der Waals surface area contributed by atoms with Crippen molar-refractivity contribution in [2.24, 2.45) is 5.73 Å². The molecule has 0 radical (unpaired) electrons. The molecule has 0 aliphatic heterocycles. The van der Waals surface area contributed by atoms with Crippen LogP contribution in [0.4, 0.5) is 0 Å². The second kappa shape index (κ2) is 9.93. The fraction of sp³-hybridized carbons (Fsp3) is 0.312. The molecule has 0 aliphatic rings. The Hall–Kier alpha value is -2.05. The van der Waals surface area contributed by atoms with Crippen molar-refractivity contribution in [2.45, 2.75) is 20.3 Å². The number of benzene rings is 2. The molecule has 2 aromatic carbocycles. The third-order valence-electron chi connectivity index (χ3n) is 2.47. The highest BCUT2D eigenvalue weighted by Crippen LogP contribution is 2.27. The Morgan fingerprint density at radius 2 is 1.74 bits per heavy atom. The summed E-state index contributed by atoms with van der Waals surface area (Å²) in [6, 6.07) is 14.1. The summed E-state index contributed by atoms with van der Waals surface area (Å²) in [6.45, 7) is 4.00. The zero-order valence-corrected chi connectivity index (χ0v) is 12.1. The van der Waals surface area contributed by atoms with Crippen molar-refractivity contribution >= 4 is 10.8 Å². The largest absolute Gasteiger partial charge is 0.496 e. The van der Waals surface area contributed by atoms with E-state index < -0.39 is 0 Å². The summed E-state index contributed by atoms with van der Waals surface area (Å²) < 4.78 is 5.25. The minimum absolute atomic E-state index is 0.379. The SMILES string of the molecule is CC.CN.COc1ccc2ccccc2c1CC#N. The lowest BCUT2D eigenvalue weighted by Crippen LogP contribution is -1.92. The molecule has 0 aliphatic carbocycles. The van der Waals surface area contributed by atoms with Crippen LogP contribution >= 0.6 is 0 Å². The molecule has 19 heavy (non-hydrogen) atoms. The zero-order valence-electron chi connectivity index (χ0n) is 12.1. The highest BCUT2D eigenvalue weighted by molar-refractivity contribution is 5.88. The van der Waals surface area contributed by atoms with Crippen LogP contribution < -0.4 is 10.5 Å². The summed E-state index contributed by atoms with van der Waals surface area (Å²) in [6.07, 6.45) is 0.379. The molecule has 3 nitrogen and oxygen atoms in total. The Balaban J connectivity index is 0.000000741. The molecule has 0 spiro atoms. The summed E-state index contributed by atoms with van der Waals surface area (Å²) in [4.78, 5) is 0. The molecule has 0 saturated heterocycles. The highest BCUT2D eigenvalue weighted by Gasteiger charge is 2.06. The molecule has 0 aromatic heterocycles. The Labute approximate surface area is 115 Å². The molecule has 0 heterocycles. The predicted molar refractivity (Wildman–Crippen MR) is 81.3 cm³/mol. The summed E-state index contributed by atoms with van der Waals surface area (Å²) in [5.41, 5.74) is 5.47. The molecule has 2 rings (SSSR count). The van der Waals surface area contributed by atoms with E-state index in [4.69, 9.17) is 10.00 Å². The maximum absolute atomic E-state index is 8.79. The number of fused-ring (bicyclic) bond motifs is 1. The Kier molecular flexibility index (Phi) is 8.86. The maximum atomic E-state index is 8.79. The van der Waals surface area contributed by atoms with E-state index in [-0.39, 0.29) is 0 Å². The van der Waals surface area contributed by atoms with Gasteiger partial charge >= 0.3 is 0 Å². The van der Waals surface area contributed by atoms with E-state index in [0.29, 0.717) is 6.42 Å². The fourth-order valence-corrected chi connectivity index (χ4v) is 1.77. The first-order chi connectivity index (χ1) is 9.36. The third-order valence-corrected chi connectivity index (χ3v) is 2.47. The number of nitriles is 1. The lowest BCUT2D eigenvalue weighted by molar-refractivity contribution is 0.411. The second-order valence-corrected chi connectivity index (χ2v) is 3.30. The van der Waals surface area contributed by atoms with Gasteiger partial charge in [-0.15, -0.1) is 0 Å². The van der Waals surface area contributed by atoms with Gasteiger partial charge in [-0.2, -0.15) is 5.26 Å². The number of hydrogen-bond acceptors (Lipinski definition) is 3. The van der Waals surface area contributed by atoms with Gasteiger partial charge in [0.1, 0.15) is 5.75 Å². The molecule has 0 bridgehead atoms. The number of ether oxygens (including phenoxy) is 1. The Morgan fingerprint density at radius 1 is 1.11 bits per heavy atom. The molecule has 2 aromatic rings. The van der Waals surface area contributed by atoms with Gasteiger partial charge in [-0.3, -0.25) is 0 Å². The van der Waals surface area contributed by atoms with Crippen molar-refractivity contribution in [2.75, 3.05) is 14.2 Å². The van der Waals surface area contributed by atoms with E-state index in [1.807, 2.05) is 50.2 Å². The first-order valence-corrected chi connectivity index (χ1v) is 6.36. The van der Waals surface area contributed by atoms with Gasteiger partial charge in [-0.05, 0) is 23.9 Å². The van der Waals surface area contributed by atoms with Gasteiger partial charge in [0.05, 0.1) is 19.6 Å². The third kappa shape index (κ3) is 4.27. The first-order valence-electron chi connectivity index (χ1n) is 6.36. The molecule has 0 amide bonds. The van der Waals surface area contributed by atoms with Crippen LogP contribution in [0.2, 0.25) is 0 Å². The maximum Gasteiger partial charge on any atom is 0.123 e. The number of nitrogens with zero attached hydrogens (tertiary/aromatic N) is 1. The van der Waals surface area contributed by atoms with Crippen LogP contribution in [0.5, 0.6) is 5.75 Å². The number of rotatable bonds is 2. The molecular formula is C16H22N2O. The van der Waals surface area contributed by atoms with Crippen LogP contribution in [0.1, 0.15) is 19.4 Å². The molecule has 0 fully saturated rings. The van der Waals surface area contributed by atoms with Crippen LogP contribution in [0.3, 0.4) is 0 Å². The molecular weight excluding hydrogens is 236 g/mol. The van der Waals surface area contributed by atoms with Crippen molar-refractivity contribution in [3.63, 3.8) is 0 Å². The van der Waals surface area contributed by atoms with Gasteiger partial charge in [-0.25, -0.2) is 0 Å². The first kappa shape index (κ1) is 16.9. The normalized spacial score (nSPS) is 8.42. The van der Waals surface area contributed by atoms with Gasteiger partial charge in [0.2, 0.25) is 0 Å². The van der Waals surface area contributed by atoms with Crippen LogP contribution in [-0.2, 0) is 6.42 Å². The summed E-state index contributed by atoms with van der Waals surface area (Å²) in [5.74, 6) is 0.787. The van der Waals surface area contributed by atoms with E-state index in [2.05, 4.69) is 11.8 Å². The standard InChI is InChI=1S/C13H11NO.C2H6.CH5N/c1-15-13-7-6-10-4-2-3-5-11(10)12(13)8-9-14;2*1-2/h2-7H,8H2,1H3;1-2H3;2H2,1H3. The van der Waals surface area contributed by atoms with Crippen molar-refractivity contribution in [1.82, 2.24) is 0 Å². The lowest BCUT2D eigenvalue weighted by Gasteiger charge is -2.08. The van der Waals surface area contributed by atoms with Crippen molar-refractivity contribution in [3.8, 4) is 11.8 Å². The van der Waals surface area contributed by atoms with E-state index in [0.717, 1.165) is 22.1 Å². The summed E-state index contributed by atoms with van der Waals surface area (Å²) >= 11 is 0. The molecule has 0 saturated carbocycles.